The maximum atomic E-state index is 13.4. The fourth-order valence-corrected chi connectivity index (χ4v) is 3.73. The summed E-state index contributed by atoms with van der Waals surface area (Å²) in [5.41, 5.74) is 1.36. The molecule has 3 amide bonds. The highest BCUT2D eigenvalue weighted by atomic mass is 19.1. The second-order valence-electron chi connectivity index (χ2n) is 7.01. The van der Waals surface area contributed by atoms with Gasteiger partial charge in [0.05, 0.1) is 0 Å². The number of hydrogen-bond donors (Lipinski definition) is 1. The monoisotopic (exact) mass is 347 g/mol. The summed E-state index contributed by atoms with van der Waals surface area (Å²) >= 11 is 0. The summed E-state index contributed by atoms with van der Waals surface area (Å²) in [5.74, 6) is -0.133. The molecule has 2 saturated heterocycles. The predicted molar refractivity (Wildman–Crippen MR) is 94.9 cm³/mol. The van der Waals surface area contributed by atoms with Gasteiger partial charge in [0.2, 0.25) is 5.91 Å². The van der Waals surface area contributed by atoms with Gasteiger partial charge >= 0.3 is 6.03 Å². The van der Waals surface area contributed by atoms with E-state index in [0.29, 0.717) is 25.2 Å². The van der Waals surface area contributed by atoms with E-state index in [1.807, 2.05) is 16.7 Å². The van der Waals surface area contributed by atoms with Crippen LogP contribution in [-0.2, 0) is 4.79 Å². The fraction of sp³-hybridized carbons (Fsp3) is 0.579. The van der Waals surface area contributed by atoms with Crippen LogP contribution in [0.25, 0.3) is 0 Å². The van der Waals surface area contributed by atoms with Crippen LogP contribution in [0.1, 0.15) is 44.1 Å². The highest BCUT2D eigenvalue weighted by Crippen LogP contribution is 2.23. The number of anilines is 1. The molecule has 136 valence electrons. The Morgan fingerprint density at radius 2 is 2.12 bits per heavy atom. The largest absolute Gasteiger partial charge is 0.343 e. The van der Waals surface area contributed by atoms with E-state index in [0.717, 1.165) is 44.2 Å². The molecule has 2 heterocycles. The van der Waals surface area contributed by atoms with Crippen molar-refractivity contribution in [3.8, 4) is 0 Å². The Morgan fingerprint density at radius 3 is 2.88 bits per heavy atom. The fourth-order valence-electron chi connectivity index (χ4n) is 3.73. The minimum Gasteiger partial charge on any atom is -0.343 e. The number of carbonyl (C=O) groups excluding carboxylic acids is 2. The van der Waals surface area contributed by atoms with Gasteiger partial charge in [-0.1, -0.05) is 6.07 Å². The molecule has 2 aliphatic heterocycles. The molecule has 5 nitrogen and oxygen atoms in total. The van der Waals surface area contributed by atoms with Gasteiger partial charge in [-0.2, -0.15) is 0 Å². The molecule has 2 fully saturated rings. The van der Waals surface area contributed by atoms with Crippen molar-refractivity contribution < 1.29 is 14.0 Å². The summed E-state index contributed by atoms with van der Waals surface area (Å²) < 4.78 is 13.4. The number of aryl methyl sites for hydroxylation is 1. The quantitative estimate of drug-likeness (QED) is 0.906. The molecule has 3 rings (SSSR count). The molecule has 0 radical (unpaired) electrons. The summed E-state index contributed by atoms with van der Waals surface area (Å²) in [4.78, 5) is 28.2. The third-order valence-corrected chi connectivity index (χ3v) is 5.23. The van der Waals surface area contributed by atoms with Crippen molar-refractivity contribution in [1.29, 1.82) is 0 Å². The van der Waals surface area contributed by atoms with Crippen LogP contribution in [-0.4, -0.2) is 47.4 Å². The number of halogens is 1. The molecule has 2 aliphatic rings. The van der Waals surface area contributed by atoms with Crippen molar-refractivity contribution in [2.24, 2.45) is 0 Å². The molecule has 1 atom stereocenters. The number of likely N-dealkylation sites (tertiary alicyclic amines) is 2. The Balaban J connectivity index is 1.62. The van der Waals surface area contributed by atoms with E-state index in [4.69, 9.17) is 0 Å². The van der Waals surface area contributed by atoms with Gasteiger partial charge < -0.3 is 15.1 Å². The van der Waals surface area contributed by atoms with Gasteiger partial charge in [-0.3, -0.25) is 4.79 Å². The average molecular weight is 347 g/mol. The van der Waals surface area contributed by atoms with Crippen LogP contribution in [0.5, 0.6) is 0 Å². The first kappa shape index (κ1) is 17.7. The average Bonchev–Trinajstić information content (AvgIpc) is 3.01. The highest BCUT2D eigenvalue weighted by molar-refractivity contribution is 5.90. The van der Waals surface area contributed by atoms with Gasteiger partial charge in [-0.05, 0) is 56.7 Å². The summed E-state index contributed by atoms with van der Waals surface area (Å²) in [5, 5.41) is 2.85. The molecule has 0 aliphatic carbocycles. The Labute approximate surface area is 148 Å². The van der Waals surface area contributed by atoms with Crippen LogP contribution in [0, 0.1) is 12.7 Å². The SMILES string of the molecule is Cc1ccc(F)cc1NC(=O)N1CCCCC1CCN1CCCC1=O. The van der Waals surface area contributed by atoms with Crippen LogP contribution in [0.4, 0.5) is 14.9 Å². The van der Waals surface area contributed by atoms with Crippen molar-refractivity contribution in [2.45, 2.75) is 51.5 Å². The summed E-state index contributed by atoms with van der Waals surface area (Å²) in [7, 11) is 0. The first-order valence-electron chi connectivity index (χ1n) is 9.16. The molecule has 25 heavy (non-hydrogen) atoms. The first-order valence-corrected chi connectivity index (χ1v) is 9.16. The van der Waals surface area contributed by atoms with E-state index in [2.05, 4.69) is 5.32 Å². The Kier molecular flexibility index (Phi) is 5.56. The van der Waals surface area contributed by atoms with Crippen LogP contribution >= 0.6 is 0 Å². The van der Waals surface area contributed by atoms with Crippen LogP contribution in [0.2, 0.25) is 0 Å². The third-order valence-electron chi connectivity index (χ3n) is 5.23. The van der Waals surface area contributed by atoms with Crippen molar-refractivity contribution >= 4 is 17.6 Å². The number of benzene rings is 1. The smallest absolute Gasteiger partial charge is 0.322 e. The van der Waals surface area contributed by atoms with Gasteiger partial charge in [0, 0.05) is 37.8 Å². The van der Waals surface area contributed by atoms with E-state index in [9.17, 15) is 14.0 Å². The predicted octanol–water partition coefficient (Wildman–Crippen LogP) is 3.53. The lowest BCUT2D eigenvalue weighted by Crippen LogP contribution is -2.47. The minimum absolute atomic E-state index is 0.135. The molecule has 1 aromatic rings. The van der Waals surface area contributed by atoms with Crippen LogP contribution < -0.4 is 5.32 Å². The van der Waals surface area contributed by atoms with Crippen molar-refractivity contribution in [2.75, 3.05) is 25.0 Å². The molecular formula is C19H26FN3O2. The number of urea groups is 1. The van der Waals surface area contributed by atoms with E-state index < -0.39 is 0 Å². The second kappa shape index (κ2) is 7.85. The molecule has 0 spiro atoms. The summed E-state index contributed by atoms with van der Waals surface area (Å²) in [6.07, 6.45) is 5.43. The normalized spacial score (nSPS) is 20.9. The number of piperidine rings is 1. The van der Waals surface area contributed by atoms with E-state index in [1.54, 1.807) is 6.07 Å². The number of amides is 3. The Morgan fingerprint density at radius 1 is 1.28 bits per heavy atom. The molecule has 1 aromatic carbocycles. The van der Waals surface area contributed by atoms with Crippen LogP contribution in [0.3, 0.4) is 0 Å². The van der Waals surface area contributed by atoms with E-state index in [-0.39, 0.29) is 23.8 Å². The number of nitrogens with zero attached hydrogens (tertiary/aromatic N) is 2. The molecule has 0 bridgehead atoms. The van der Waals surface area contributed by atoms with Gasteiger partial charge in [-0.15, -0.1) is 0 Å². The van der Waals surface area contributed by atoms with E-state index >= 15 is 0 Å². The topological polar surface area (TPSA) is 52.7 Å². The summed E-state index contributed by atoms with van der Waals surface area (Å²) in [6, 6.07) is 4.37. The molecule has 0 aromatic heterocycles. The Bertz CT molecular complexity index is 650. The maximum Gasteiger partial charge on any atom is 0.322 e. The van der Waals surface area contributed by atoms with Gasteiger partial charge in [0.1, 0.15) is 5.82 Å². The minimum atomic E-state index is -0.358. The number of nitrogens with one attached hydrogen (secondary N) is 1. The zero-order valence-corrected chi connectivity index (χ0v) is 14.8. The lowest BCUT2D eigenvalue weighted by Gasteiger charge is -2.36. The molecule has 6 heteroatoms. The maximum absolute atomic E-state index is 13.4. The van der Waals surface area contributed by atoms with Crippen molar-refractivity contribution in [3.63, 3.8) is 0 Å². The van der Waals surface area contributed by atoms with Gasteiger partial charge in [-0.25, -0.2) is 9.18 Å². The number of hydrogen-bond acceptors (Lipinski definition) is 2. The zero-order valence-electron chi connectivity index (χ0n) is 14.8. The van der Waals surface area contributed by atoms with Gasteiger partial charge in [0.15, 0.2) is 0 Å². The Hall–Kier alpha value is -2.11. The molecule has 1 N–H and O–H groups in total. The first-order chi connectivity index (χ1) is 12.0. The molecule has 1 unspecified atom stereocenters. The third kappa shape index (κ3) is 4.30. The molecule has 0 saturated carbocycles. The second-order valence-corrected chi connectivity index (χ2v) is 7.01. The lowest BCUT2D eigenvalue weighted by molar-refractivity contribution is -0.127. The molecular weight excluding hydrogens is 321 g/mol. The highest BCUT2D eigenvalue weighted by Gasteiger charge is 2.28. The number of rotatable bonds is 4. The standard InChI is InChI=1S/C19H26FN3O2/c1-14-7-8-15(20)13-17(14)21-19(25)23-11-3-2-5-16(23)9-12-22-10-4-6-18(22)24/h7-8,13,16H,2-6,9-12H2,1H3,(H,21,25). The lowest BCUT2D eigenvalue weighted by atomic mass is 9.99. The zero-order chi connectivity index (χ0) is 17.8. The van der Waals surface area contributed by atoms with Crippen LogP contribution in [0.15, 0.2) is 18.2 Å². The van der Waals surface area contributed by atoms with Gasteiger partial charge in [0.25, 0.3) is 0 Å². The number of carbonyl (C=O) groups is 2. The summed E-state index contributed by atoms with van der Waals surface area (Å²) in [6.45, 7) is 4.10. The van der Waals surface area contributed by atoms with E-state index in [1.165, 1.54) is 12.1 Å². The van der Waals surface area contributed by atoms with Crippen molar-refractivity contribution in [1.82, 2.24) is 9.80 Å². The van der Waals surface area contributed by atoms with Crippen molar-refractivity contribution in [3.05, 3.63) is 29.6 Å².